The van der Waals surface area contributed by atoms with Gasteiger partial charge in [0, 0.05) is 12.5 Å². The van der Waals surface area contributed by atoms with Gasteiger partial charge in [0.1, 0.15) is 0 Å². The van der Waals surface area contributed by atoms with E-state index < -0.39 is 5.97 Å². The number of hydrogen-bond donors (Lipinski definition) is 2. The highest BCUT2D eigenvalue weighted by atomic mass is 16.4. The maximum Gasteiger partial charge on any atom is 0.338 e. The highest BCUT2D eigenvalue weighted by Gasteiger charge is 2.15. The van der Waals surface area contributed by atoms with E-state index in [0.717, 1.165) is 0 Å². The van der Waals surface area contributed by atoms with Gasteiger partial charge in [0.05, 0.1) is 11.3 Å². The summed E-state index contributed by atoms with van der Waals surface area (Å²) < 4.78 is 0. The summed E-state index contributed by atoms with van der Waals surface area (Å²) in [5.41, 5.74) is -0.0314. The predicted octanol–water partition coefficient (Wildman–Crippen LogP) is 1.16. The number of carboxylic acid groups (broad SMARTS) is 1. The van der Waals surface area contributed by atoms with Crippen molar-refractivity contribution in [2.45, 2.75) is 6.92 Å². The molecule has 0 saturated heterocycles. The molecule has 0 saturated carbocycles. The number of anilines is 1. The fourth-order valence-electron chi connectivity index (χ4n) is 1.20. The third-order valence-electron chi connectivity index (χ3n) is 1.75. The van der Waals surface area contributed by atoms with Crippen molar-refractivity contribution in [2.24, 2.45) is 0 Å². The number of carbonyl (C=O) groups is 3. The number of nitrogens with one attached hydrogen (secondary N) is 1. The third kappa shape index (κ3) is 2.40. The molecule has 0 aliphatic heterocycles. The normalized spacial score (nSPS) is 9.40. The summed E-state index contributed by atoms with van der Waals surface area (Å²) in [6.07, 6.45) is 0.439. The van der Waals surface area contributed by atoms with Crippen LogP contribution in [0.3, 0.4) is 0 Å². The predicted molar refractivity (Wildman–Crippen MR) is 53.1 cm³/mol. The van der Waals surface area contributed by atoms with E-state index in [4.69, 9.17) is 5.11 Å². The van der Waals surface area contributed by atoms with E-state index in [0.29, 0.717) is 6.29 Å². The first-order valence-corrected chi connectivity index (χ1v) is 4.15. The van der Waals surface area contributed by atoms with Crippen LogP contribution in [0.5, 0.6) is 0 Å². The number of hydrogen-bond acceptors (Lipinski definition) is 3. The second kappa shape index (κ2) is 4.36. The first-order chi connectivity index (χ1) is 7.06. The quantitative estimate of drug-likeness (QED) is 0.728. The van der Waals surface area contributed by atoms with E-state index in [-0.39, 0.29) is 22.7 Å². The van der Waals surface area contributed by atoms with Crippen LogP contribution in [0.4, 0.5) is 5.69 Å². The van der Waals surface area contributed by atoms with Crippen molar-refractivity contribution in [3.8, 4) is 0 Å². The van der Waals surface area contributed by atoms with Crippen LogP contribution in [0.15, 0.2) is 18.2 Å². The van der Waals surface area contributed by atoms with Crippen molar-refractivity contribution >= 4 is 23.9 Å². The number of benzene rings is 1. The molecule has 0 spiro atoms. The van der Waals surface area contributed by atoms with Crippen LogP contribution in [0.2, 0.25) is 0 Å². The van der Waals surface area contributed by atoms with E-state index in [1.807, 2.05) is 0 Å². The van der Waals surface area contributed by atoms with Gasteiger partial charge < -0.3 is 10.4 Å². The summed E-state index contributed by atoms with van der Waals surface area (Å²) >= 11 is 0. The molecule has 2 N–H and O–H groups in total. The fourth-order valence-corrected chi connectivity index (χ4v) is 1.20. The molecule has 78 valence electrons. The first kappa shape index (κ1) is 10.9. The van der Waals surface area contributed by atoms with Gasteiger partial charge in [-0.2, -0.15) is 0 Å². The van der Waals surface area contributed by atoms with Crippen LogP contribution >= 0.6 is 0 Å². The molecule has 1 aromatic rings. The molecule has 0 atom stereocenters. The zero-order valence-electron chi connectivity index (χ0n) is 7.98. The smallest absolute Gasteiger partial charge is 0.338 e. The summed E-state index contributed by atoms with van der Waals surface area (Å²) in [7, 11) is 0. The average molecular weight is 207 g/mol. The maximum absolute atomic E-state index is 10.9. The van der Waals surface area contributed by atoms with Crippen molar-refractivity contribution in [3.05, 3.63) is 29.3 Å². The lowest BCUT2D eigenvalue weighted by atomic mass is 10.1. The van der Waals surface area contributed by atoms with Crippen molar-refractivity contribution in [3.63, 3.8) is 0 Å². The molecule has 1 rings (SSSR count). The molecule has 0 fully saturated rings. The van der Waals surface area contributed by atoms with Crippen molar-refractivity contribution in [1.82, 2.24) is 0 Å². The first-order valence-electron chi connectivity index (χ1n) is 4.15. The standard InChI is InChI=1S/C10H9NO4/c1-6(13)11-8-4-2-3-7(5-12)9(8)10(14)15/h2-5H,1H3,(H,11,13)(H,14,15). The summed E-state index contributed by atoms with van der Waals surface area (Å²) in [5.74, 6) is -1.64. The van der Waals surface area contributed by atoms with Gasteiger partial charge >= 0.3 is 5.97 Å². The second-order valence-corrected chi connectivity index (χ2v) is 2.87. The SMILES string of the molecule is CC(=O)Nc1cccc(C=O)c1C(=O)O. The third-order valence-corrected chi connectivity index (χ3v) is 1.75. The minimum atomic E-state index is -1.25. The van der Waals surface area contributed by atoms with E-state index >= 15 is 0 Å². The number of carboxylic acids is 1. The molecule has 0 unspecified atom stereocenters. The van der Waals surface area contributed by atoms with E-state index in [9.17, 15) is 14.4 Å². The Morgan fingerprint density at radius 2 is 2.07 bits per heavy atom. The van der Waals surface area contributed by atoms with Crippen LogP contribution in [-0.2, 0) is 4.79 Å². The van der Waals surface area contributed by atoms with Crippen LogP contribution in [-0.4, -0.2) is 23.3 Å². The van der Waals surface area contributed by atoms with E-state index in [2.05, 4.69) is 5.32 Å². The van der Waals surface area contributed by atoms with Gasteiger partial charge in [-0.1, -0.05) is 12.1 Å². The Bertz CT molecular complexity index is 425. The fraction of sp³-hybridized carbons (Fsp3) is 0.100. The lowest BCUT2D eigenvalue weighted by molar-refractivity contribution is -0.114. The van der Waals surface area contributed by atoms with Crippen molar-refractivity contribution in [2.75, 3.05) is 5.32 Å². The lowest BCUT2D eigenvalue weighted by Gasteiger charge is -2.07. The van der Waals surface area contributed by atoms with Gasteiger partial charge in [0.2, 0.25) is 5.91 Å². The largest absolute Gasteiger partial charge is 0.478 e. The van der Waals surface area contributed by atoms with Gasteiger partial charge in [-0.25, -0.2) is 4.79 Å². The summed E-state index contributed by atoms with van der Waals surface area (Å²) in [4.78, 5) is 32.3. The number of rotatable bonds is 3. The molecule has 0 aromatic heterocycles. The summed E-state index contributed by atoms with van der Waals surface area (Å²) in [6, 6.07) is 4.31. The molecule has 0 bridgehead atoms. The Hall–Kier alpha value is -2.17. The van der Waals surface area contributed by atoms with Gasteiger partial charge in [0.15, 0.2) is 6.29 Å². The van der Waals surface area contributed by atoms with Crippen LogP contribution in [0.1, 0.15) is 27.6 Å². The zero-order chi connectivity index (χ0) is 11.4. The van der Waals surface area contributed by atoms with Gasteiger partial charge in [-0.15, -0.1) is 0 Å². The Morgan fingerprint density at radius 3 is 2.53 bits per heavy atom. The number of aldehydes is 1. The Morgan fingerprint density at radius 1 is 1.40 bits per heavy atom. The molecular weight excluding hydrogens is 198 g/mol. The van der Waals surface area contributed by atoms with Crippen LogP contribution in [0.25, 0.3) is 0 Å². The highest BCUT2D eigenvalue weighted by molar-refractivity contribution is 6.05. The van der Waals surface area contributed by atoms with Crippen LogP contribution < -0.4 is 5.32 Å². The molecule has 0 aliphatic rings. The molecule has 1 amide bonds. The van der Waals surface area contributed by atoms with Crippen molar-refractivity contribution < 1.29 is 19.5 Å². The summed E-state index contributed by atoms with van der Waals surface area (Å²) in [5, 5.41) is 11.2. The lowest BCUT2D eigenvalue weighted by Crippen LogP contribution is -2.12. The minimum absolute atomic E-state index is 0.0359. The molecular formula is C10H9NO4. The number of amides is 1. The molecule has 15 heavy (non-hydrogen) atoms. The average Bonchev–Trinajstić information content (AvgIpc) is 2.15. The van der Waals surface area contributed by atoms with E-state index in [1.165, 1.54) is 25.1 Å². The Kier molecular flexibility index (Phi) is 3.17. The van der Waals surface area contributed by atoms with Crippen LogP contribution in [0, 0.1) is 0 Å². The monoisotopic (exact) mass is 207 g/mol. The second-order valence-electron chi connectivity index (χ2n) is 2.87. The number of aromatic carboxylic acids is 1. The van der Waals surface area contributed by atoms with Gasteiger partial charge in [-0.3, -0.25) is 9.59 Å². The minimum Gasteiger partial charge on any atom is -0.478 e. The van der Waals surface area contributed by atoms with Gasteiger partial charge in [0.25, 0.3) is 0 Å². The van der Waals surface area contributed by atoms with E-state index in [1.54, 1.807) is 0 Å². The molecule has 0 heterocycles. The Balaban J connectivity index is 3.31. The summed E-state index contributed by atoms with van der Waals surface area (Å²) in [6.45, 7) is 1.26. The number of carbonyl (C=O) groups excluding carboxylic acids is 2. The van der Waals surface area contributed by atoms with Gasteiger partial charge in [-0.05, 0) is 6.07 Å². The molecule has 0 aliphatic carbocycles. The molecule has 5 nitrogen and oxygen atoms in total. The maximum atomic E-state index is 10.9. The Labute approximate surface area is 85.7 Å². The zero-order valence-corrected chi connectivity index (χ0v) is 7.98. The molecule has 5 heteroatoms. The topological polar surface area (TPSA) is 83.5 Å². The molecule has 1 aromatic carbocycles. The molecule has 0 radical (unpaired) electrons. The highest BCUT2D eigenvalue weighted by Crippen LogP contribution is 2.18. The van der Waals surface area contributed by atoms with Crippen molar-refractivity contribution in [1.29, 1.82) is 0 Å².